The molecule has 3 N–H and O–H groups in total. The standard InChI is InChI=1S/C26H24N6O/c1-2-23(18-6-4-3-5-7-18)32-16-17(14-29-32)12-24(33)26-21-10-8-19(13-22(21)30-31-26)20-9-11-25(27)28-15-20/h3-11,13-16,23H,2,12H2,1H3,(H2,27,28)(H,30,31)/t23-/m0/s1. The molecule has 5 rings (SSSR count). The molecule has 3 heterocycles. The Morgan fingerprint density at radius 3 is 2.64 bits per heavy atom. The van der Waals surface area contributed by atoms with Crippen LogP contribution in [0.2, 0.25) is 0 Å². The lowest BCUT2D eigenvalue weighted by Gasteiger charge is -2.15. The Kier molecular flexibility index (Phi) is 5.44. The highest BCUT2D eigenvalue weighted by Crippen LogP contribution is 2.26. The number of hydrogen-bond acceptors (Lipinski definition) is 5. The Morgan fingerprint density at radius 2 is 1.88 bits per heavy atom. The molecule has 0 spiro atoms. The molecule has 7 heteroatoms. The molecule has 0 amide bonds. The van der Waals surface area contributed by atoms with Gasteiger partial charge in [0.15, 0.2) is 5.78 Å². The first kappa shape index (κ1) is 20.6. The van der Waals surface area contributed by atoms with Gasteiger partial charge in [0.25, 0.3) is 0 Å². The number of pyridine rings is 1. The van der Waals surface area contributed by atoms with Crippen LogP contribution < -0.4 is 5.73 Å². The van der Waals surface area contributed by atoms with Crippen LogP contribution in [0.4, 0.5) is 5.82 Å². The van der Waals surface area contributed by atoms with Gasteiger partial charge < -0.3 is 5.73 Å². The first-order chi connectivity index (χ1) is 16.1. The van der Waals surface area contributed by atoms with E-state index in [2.05, 4.69) is 39.3 Å². The van der Waals surface area contributed by atoms with Gasteiger partial charge >= 0.3 is 0 Å². The summed E-state index contributed by atoms with van der Waals surface area (Å²) in [6, 6.07) is 20.0. The second-order valence-corrected chi connectivity index (χ2v) is 8.07. The number of anilines is 1. The summed E-state index contributed by atoms with van der Waals surface area (Å²) in [7, 11) is 0. The van der Waals surface area contributed by atoms with Crippen LogP contribution in [0.5, 0.6) is 0 Å². The summed E-state index contributed by atoms with van der Waals surface area (Å²) in [4.78, 5) is 17.2. The van der Waals surface area contributed by atoms with Crippen molar-refractivity contribution >= 4 is 22.5 Å². The zero-order valence-electron chi connectivity index (χ0n) is 18.3. The van der Waals surface area contributed by atoms with Gasteiger partial charge in [-0.25, -0.2) is 4.98 Å². The van der Waals surface area contributed by atoms with E-state index in [1.807, 2.05) is 53.3 Å². The lowest BCUT2D eigenvalue weighted by Crippen LogP contribution is -2.10. The Labute approximate surface area is 191 Å². The van der Waals surface area contributed by atoms with Gasteiger partial charge in [-0.1, -0.05) is 43.3 Å². The topological polar surface area (TPSA) is 102 Å². The van der Waals surface area contributed by atoms with Gasteiger partial charge in [-0.2, -0.15) is 10.2 Å². The Balaban J connectivity index is 1.36. The molecule has 0 saturated carbocycles. The number of nitrogens with zero attached hydrogens (tertiary/aromatic N) is 4. The molecule has 0 bridgehead atoms. The van der Waals surface area contributed by atoms with Gasteiger partial charge in [-0.15, -0.1) is 0 Å². The third kappa shape index (κ3) is 4.13. The van der Waals surface area contributed by atoms with E-state index in [-0.39, 0.29) is 18.2 Å². The smallest absolute Gasteiger partial charge is 0.188 e. The van der Waals surface area contributed by atoms with Gasteiger partial charge in [0.1, 0.15) is 11.5 Å². The number of H-pyrrole nitrogens is 1. The number of benzene rings is 2. The molecule has 0 aliphatic heterocycles. The maximum Gasteiger partial charge on any atom is 0.188 e. The number of carbonyl (C=O) groups is 1. The number of aromatic nitrogens is 5. The molecule has 2 aromatic carbocycles. The van der Waals surface area contributed by atoms with Crippen LogP contribution in [0.1, 0.15) is 41.0 Å². The third-order valence-electron chi connectivity index (χ3n) is 5.86. The summed E-state index contributed by atoms with van der Waals surface area (Å²) in [5, 5.41) is 12.6. The van der Waals surface area contributed by atoms with Crippen LogP contribution in [0, 0.1) is 0 Å². The number of nitrogens with one attached hydrogen (secondary N) is 1. The van der Waals surface area contributed by atoms with E-state index in [1.54, 1.807) is 18.5 Å². The lowest BCUT2D eigenvalue weighted by atomic mass is 10.0. The lowest BCUT2D eigenvalue weighted by molar-refractivity contribution is 0.0989. The normalized spacial score (nSPS) is 12.2. The Morgan fingerprint density at radius 1 is 1.06 bits per heavy atom. The number of Topliss-reactive ketones (excluding diaryl/α,β-unsaturated/α-hetero) is 1. The summed E-state index contributed by atoms with van der Waals surface area (Å²) >= 11 is 0. The van der Waals surface area contributed by atoms with E-state index in [4.69, 9.17) is 5.73 Å². The van der Waals surface area contributed by atoms with Crippen LogP contribution in [-0.4, -0.2) is 30.7 Å². The largest absolute Gasteiger partial charge is 0.384 e. The van der Waals surface area contributed by atoms with Crippen molar-refractivity contribution in [3.8, 4) is 11.1 Å². The number of ketones is 1. The van der Waals surface area contributed by atoms with Crippen molar-refractivity contribution in [3.05, 3.63) is 96.1 Å². The fourth-order valence-corrected chi connectivity index (χ4v) is 4.15. The molecule has 0 aliphatic carbocycles. The van der Waals surface area contributed by atoms with E-state index in [0.717, 1.165) is 34.0 Å². The van der Waals surface area contributed by atoms with Crippen molar-refractivity contribution in [3.63, 3.8) is 0 Å². The van der Waals surface area contributed by atoms with Gasteiger partial charge in [0.2, 0.25) is 0 Å². The summed E-state index contributed by atoms with van der Waals surface area (Å²) in [6.07, 6.45) is 6.62. The molecular weight excluding hydrogens is 412 g/mol. The molecule has 0 saturated heterocycles. The molecule has 0 aliphatic rings. The van der Waals surface area contributed by atoms with Crippen molar-refractivity contribution in [2.75, 3.05) is 5.73 Å². The fourth-order valence-electron chi connectivity index (χ4n) is 4.15. The zero-order valence-corrected chi connectivity index (χ0v) is 18.3. The number of hydrogen-bond donors (Lipinski definition) is 2. The second-order valence-electron chi connectivity index (χ2n) is 8.07. The van der Waals surface area contributed by atoms with Crippen molar-refractivity contribution in [1.29, 1.82) is 0 Å². The Bertz CT molecular complexity index is 1400. The molecule has 3 aromatic heterocycles. The van der Waals surface area contributed by atoms with Crippen LogP contribution in [0.15, 0.2) is 79.3 Å². The SMILES string of the molecule is CC[C@@H](c1ccccc1)n1cc(CC(=O)c2n[nH]c3cc(-c4ccc(N)nc4)ccc23)cn1. The molecular formula is C26H24N6O. The molecule has 5 aromatic rings. The quantitative estimate of drug-likeness (QED) is 0.356. The number of nitrogens with two attached hydrogens (primary N) is 1. The Hall–Kier alpha value is -4.26. The minimum atomic E-state index is -0.0459. The summed E-state index contributed by atoms with van der Waals surface area (Å²) in [5.74, 6) is 0.432. The van der Waals surface area contributed by atoms with E-state index >= 15 is 0 Å². The monoisotopic (exact) mass is 436 g/mol. The number of nitrogen functional groups attached to an aromatic ring is 1. The summed E-state index contributed by atoms with van der Waals surface area (Å²) in [6.45, 7) is 2.13. The van der Waals surface area contributed by atoms with Crippen molar-refractivity contribution in [2.45, 2.75) is 25.8 Å². The molecule has 33 heavy (non-hydrogen) atoms. The highest BCUT2D eigenvalue weighted by atomic mass is 16.1. The van der Waals surface area contributed by atoms with Gasteiger partial charge in [0, 0.05) is 29.8 Å². The van der Waals surface area contributed by atoms with Gasteiger partial charge in [-0.05, 0) is 47.4 Å². The molecule has 0 fully saturated rings. The van der Waals surface area contributed by atoms with Crippen LogP contribution in [0.3, 0.4) is 0 Å². The maximum absolute atomic E-state index is 13.1. The van der Waals surface area contributed by atoms with Gasteiger partial charge in [0.05, 0.1) is 17.8 Å². The highest BCUT2D eigenvalue weighted by molar-refractivity contribution is 6.07. The molecule has 0 unspecified atom stereocenters. The average Bonchev–Trinajstić information content (AvgIpc) is 3.47. The van der Waals surface area contributed by atoms with E-state index in [1.165, 1.54) is 5.56 Å². The molecule has 7 nitrogen and oxygen atoms in total. The minimum absolute atomic E-state index is 0.0459. The van der Waals surface area contributed by atoms with Crippen molar-refractivity contribution in [2.24, 2.45) is 0 Å². The minimum Gasteiger partial charge on any atom is -0.384 e. The van der Waals surface area contributed by atoms with Crippen molar-refractivity contribution in [1.82, 2.24) is 25.0 Å². The maximum atomic E-state index is 13.1. The van der Waals surface area contributed by atoms with Gasteiger partial charge in [-0.3, -0.25) is 14.6 Å². The van der Waals surface area contributed by atoms with E-state index in [9.17, 15) is 4.79 Å². The second kappa shape index (κ2) is 8.70. The summed E-state index contributed by atoms with van der Waals surface area (Å²) < 4.78 is 1.94. The number of carbonyl (C=O) groups excluding carboxylic acids is 1. The van der Waals surface area contributed by atoms with Crippen LogP contribution in [-0.2, 0) is 6.42 Å². The summed E-state index contributed by atoms with van der Waals surface area (Å²) in [5.41, 5.74) is 10.9. The predicted octanol–water partition coefficient (Wildman–Crippen LogP) is 4.83. The number of aromatic amines is 1. The first-order valence-corrected chi connectivity index (χ1v) is 10.9. The van der Waals surface area contributed by atoms with E-state index < -0.39 is 0 Å². The average molecular weight is 437 g/mol. The molecule has 164 valence electrons. The third-order valence-corrected chi connectivity index (χ3v) is 5.86. The number of rotatable bonds is 7. The zero-order chi connectivity index (χ0) is 22.8. The van der Waals surface area contributed by atoms with Crippen molar-refractivity contribution < 1.29 is 4.79 Å². The van der Waals surface area contributed by atoms with Crippen LogP contribution in [0.25, 0.3) is 22.0 Å². The molecule has 0 radical (unpaired) electrons. The predicted molar refractivity (Wildman–Crippen MR) is 129 cm³/mol. The van der Waals surface area contributed by atoms with Crippen LogP contribution >= 0.6 is 0 Å². The molecule has 1 atom stereocenters. The number of fused-ring (bicyclic) bond motifs is 1. The first-order valence-electron chi connectivity index (χ1n) is 10.9. The van der Waals surface area contributed by atoms with E-state index in [0.29, 0.717) is 11.5 Å². The fraction of sp³-hybridized carbons (Fsp3) is 0.154. The highest BCUT2D eigenvalue weighted by Gasteiger charge is 2.18.